The molecule has 0 aromatic carbocycles. The number of nitrogens with one attached hydrogen (secondary N) is 1. The maximum Gasteiger partial charge on any atom is 0.451 e. The van der Waals surface area contributed by atoms with Crippen molar-refractivity contribution in [2.45, 2.75) is 38.8 Å². The zero-order valence-corrected chi connectivity index (χ0v) is 11.3. The van der Waals surface area contributed by atoms with Gasteiger partial charge in [-0.05, 0) is 18.8 Å². The zero-order chi connectivity index (χ0) is 14.6. The van der Waals surface area contributed by atoms with Crippen molar-refractivity contribution in [2.24, 2.45) is 5.92 Å². The van der Waals surface area contributed by atoms with E-state index in [2.05, 4.69) is 15.3 Å². The third kappa shape index (κ3) is 4.54. The SMILES string of the molecule is CCCNc1cc(OCCC2CC2)nc(C(F)(F)F)n1. The standard InChI is InChI=1S/C13H18F3N3O/c1-2-6-17-10-8-11(20-7-5-9-3-4-9)19-12(18-10)13(14,15)16/h8-9H,2-7H2,1H3,(H,17,18,19). The summed E-state index contributed by atoms with van der Waals surface area (Å²) in [5.74, 6) is -0.376. The van der Waals surface area contributed by atoms with Crippen LogP contribution in [0.5, 0.6) is 5.88 Å². The van der Waals surface area contributed by atoms with E-state index in [0.29, 0.717) is 19.1 Å². The molecule has 0 amide bonds. The van der Waals surface area contributed by atoms with Gasteiger partial charge in [0, 0.05) is 12.6 Å². The molecule has 0 aliphatic heterocycles. The fourth-order valence-electron chi connectivity index (χ4n) is 1.71. The molecule has 0 bridgehead atoms. The van der Waals surface area contributed by atoms with Gasteiger partial charge in [-0.1, -0.05) is 19.8 Å². The molecule has 0 atom stereocenters. The van der Waals surface area contributed by atoms with Crippen molar-refractivity contribution in [3.05, 3.63) is 11.9 Å². The molecule has 1 aromatic heterocycles. The third-order valence-corrected chi connectivity index (χ3v) is 2.99. The van der Waals surface area contributed by atoms with Gasteiger partial charge in [0.2, 0.25) is 11.7 Å². The fraction of sp³-hybridized carbons (Fsp3) is 0.692. The average Bonchev–Trinajstić information content (AvgIpc) is 3.19. The molecule has 4 nitrogen and oxygen atoms in total. The number of anilines is 1. The molecule has 0 spiro atoms. The zero-order valence-electron chi connectivity index (χ0n) is 11.3. The molecule has 1 aliphatic carbocycles. The molecule has 1 aromatic rings. The topological polar surface area (TPSA) is 47.0 Å². The summed E-state index contributed by atoms with van der Waals surface area (Å²) >= 11 is 0. The van der Waals surface area contributed by atoms with Gasteiger partial charge < -0.3 is 10.1 Å². The second-order valence-corrected chi connectivity index (χ2v) is 4.92. The molecule has 20 heavy (non-hydrogen) atoms. The number of hydrogen-bond donors (Lipinski definition) is 1. The van der Waals surface area contributed by atoms with Gasteiger partial charge in [0.05, 0.1) is 6.61 Å². The van der Waals surface area contributed by atoms with E-state index in [0.717, 1.165) is 12.8 Å². The first-order valence-electron chi connectivity index (χ1n) is 6.82. The highest BCUT2D eigenvalue weighted by Gasteiger charge is 2.35. The van der Waals surface area contributed by atoms with Crippen LogP contribution in [0, 0.1) is 5.92 Å². The number of aromatic nitrogens is 2. The first-order valence-corrected chi connectivity index (χ1v) is 6.82. The van der Waals surface area contributed by atoms with Crippen molar-refractivity contribution in [2.75, 3.05) is 18.5 Å². The number of nitrogens with zero attached hydrogens (tertiary/aromatic N) is 2. The van der Waals surface area contributed by atoms with Crippen LogP contribution in [-0.4, -0.2) is 23.1 Å². The Kier molecular flexibility index (Phi) is 4.67. The summed E-state index contributed by atoms with van der Waals surface area (Å²) in [6.45, 7) is 2.87. The summed E-state index contributed by atoms with van der Waals surface area (Å²) in [5, 5.41) is 2.83. The van der Waals surface area contributed by atoms with Crippen LogP contribution in [0.3, 0.4) is 0 Å². The van der Waals surface area contributed by atoms with Crippen molar-refractivity contribution in [1.82, 2.24) is 9.97 Å². The molecule has 1 heterocycles. The van der Waals surface area contributed by atoms with Crippen molar-refractivity contribution in [1.29, 1.82) is 0 Å². The van der Waals surface area contributed by atoms with Gasteiger partial charge in [-0.2, -0.15) is 18.2 Å². The van der Waals surface area contributed by atoms with Crippen LogP contribution in [-0.2, 0) is 6.18 Å². The molecule has 7 heteroatoms. The lowest BCUT2D eigenvalue weighted by Crippen LogP contribution is -2.15. The van der Waals surface area contributed by atoms with E-state index in [1.807, 2.05) is 6.92 Å². The van der Waals surface area contributed by atoms with Crippen molar-refractivity contribution >= 4 is 5.82 Å². The first kappa shape index (κ1) is 14.9. The Morgan fingerprint density at radius 1 is 1.35 bits per heavy atom. The lowest BCUT2D eigenvalue weighted by molar-refractivity contribution is -0.145. The predicted octanol–water partition coefficient (Wildman–Crippen LogP) is 3.50. The Morgan fingerprint density at radius 2 is 2.10 bits per heavy atom. The third-order valence-electron chi connectivity index (χ3n) is 2.99. The lowest BCUT2D eigenvalue weighted by atomic mass is 10.3. The molecule has 112 valence electrons. The largest absolute Gasteiger partial charge is 0.478 e. The maximum absolute atomic E-state index is 12.7. The molecule has 2 rings (SSSR count). The second-order valence-electron chi connectivity index (χ2n) is 4.92. The van der Waals surface area contributed by atoms with Gasteiger partial charge in [-0.15, -0.1) is 0 Å². The minimum absolute atomic E-state index is 0.0217. The van der Waals surface area contributed by atoms with E-state index in [1.165, 1.54) is 18.9 Å². The molecule has 1 N–H and O–H groups in total. The summed E-state index contributed by atoms with van der Waals surface area (Å²) in [4.78, 5) is 6.90. The molecule has 0 unspecified atom stereocenters. The minimum Gasteiger partial charge on any atom is -0.478 e. The number of ether oxygens (including phenoxy) is 1. The summed E-state index contributed by atoms with van der Waals surface area (Å²) in [6, 6.07) is 1.41. The van der Waals surface area contributed by atoms with Gasteiger partial charge in [-0.3, -0.25) is 0 Å². The summed E-state index contributed by atoms with van der Waals surface area (Å²) in [7, 11) is 0. The van der Waals surface area contributed by atoms with Gasteiger partial charge in [-0.25, -0.2) is 4.98 Å². The monoisotopic (exact) mass is 289 g/mol. The number of halogens is 3. The molecule has 0 radical (unpaired) electrons. The molecule has 1 fully saturated rings. The van der Waals surface area contributed by atoms with E-state index in [4.69, 9.17) is 4.74 Å². The van der Waals surface area contributed by atoms with Crippen LogP contribution in [0.1, 0.15) is 38.4 Å². The highest BCUT2D eigenvalue weighted by molar-refractivity contribution is 5.38. The van der Waals surface area contributed by atoms with Crippen LogP contribution < -0.4 is 10.1 Å². The second kappa shape index (κ2) is 6.28. The Hall–Kier alpha value is -1.53. The molecule has 1 saturated carbocycles. The summed E-state index contributed by atoms with van der Waals surface area (Å²) in [6.07, 6.45) is -0.542. The molecule has 0 saturated heterocycles. The van der Waals surface area contributed by atoms with E-state index in [9.17, 15) is 13.2 Å². The number of alkyl halides is 3. The smallest absolute Gasteiger partial charge is 0.451 e. The Morgan fingerprint density at radius 3 is 2.70 bits per heavy atom. The van der Waals surface area contributed by atoms with Gasteiger partial charge in [0.25, 0.3) is 0 Å². The highest BCUT2D eigenvalue weighted by Crippen LogP contribution is 2.33. The Balaban J connectivity index is 2.06. The van der Waals surface area contributed by atoms with Crippen LogP contribution in [0.2, 0.25) is 0 Å². The summed E-state index contributed by atoms with van der Waals surface area (Å²) < 4.78 is 43.5. The average molecular weight is 289 g/mol. The minimum atomic E-state index is -4.57. The van der Waals surface area contributed by atoms with Gasteiger partial charge >= 0.3 is 6.18 Å². The quantitative estimate of drug-likeness (QED) is 0.834. The molecular formula is C13H18F3N3O. The van der Waals surface area contributed by atoms with Crippen LogP contribution in [0.25, 0.3) is 0 Å². The highest BCUT2D eigenvalue weighted by atomic mass is 19.4. The lowest BCUT2D eigenvalue weighted by Gasteiger charge is -2.12. The van der Waals surface area contributed by atoms with E-state index < -0.39 is 12.0 Å². The summed E-state index contributed by atoms with van der Waals surface area (Å²) in [5.41, 5.74) is 0. The van der Waals surface area contributed by atoms with E-state index >= 15 is 0 Å². The Bertz CT molecular complexity index is 447. The van der Waals surface area contributed by atoms with Crippen molar-refractivity contribution in [3.63, 3.8) is 0 Å². The number of hydrogen-bond acceptors (Lipinski definition) is 4. The van der Waals surface area contributed by atoms with Crippen LogP contribution in [0.4, 0.5) is 19.0 Å². The normalized spacial score (nSPS) is 15.2. The van der Waals surface area contributed by atoms with E-state index in [1.54, 1.807) is 0 Å². The molecular weight excluding hydrogens is 271 g/mol. The van der Waals surface area contributed by atoms with Crippen LogP contribution >= 0.6 is 0 Å². The van der Waals surface area contributed by atoms with Crippen molar-refractivity contribution in [3.8, 4) is 5.88 Å². The van der Waals surface area contributed by atoms with Crippen LogP contribution in [0.15, 0.2) is 6.07 Å². The van der Waals surface area contributed by atoms with E-state index in [-0.39, 0.29) is 11.7 Å². The maximum atomic E-state index is 12.7. The number of rotatable bonds is 7. The molecule has 1 aliphatic rings. The Labute approximate surface area is 115 Å². The van der Waals surface area contributed by atoms with Gasteiger partial charge in [0.1, 0.15) is 5.82 Å². The fourth-order valence-corrected chi connectivity index (χ4v) is 1.71. The van der Waals surface area contributed by atoms with Gasteiger partial charge in [0.15, 0.2) is 0 Å². The predicted molar refractivity (Wildman–Crippen MR) is 68.7 cm³/mol. The van der Waals surface area contributed by atoms with Crippen molar-refractivity contribution < 1.29 is 17.9 Å². The first-order chi connectivity index (χ1) is 9.49.